The molecule has 0 saturated carbocycles. The van der Waals surface area contributed by atoms with Crippen LogP contribution in [0.3, 0.4) is 0 Å². The Hall–Kier alpha value is -3.16. The second-order valence-electron chi connectivity index (χ2n) is 6.97. The SMILES string of the molecule is Cc1ccc(NC(=O)CSc2nnc(-c3ccccn3)n2-c2ccc(Cl)cc2)cc1C. The highest BCUT2D eigenvalue weighted by molar-refractivity contribution is 7.99. The number of carbonyl (C=O) groups is 1. The third kappa shape index (κ3) is 4.95. The van der Waals surface area contributed by atoms with Crippen LogP contribution in [0.4, 0.5) is 5.69 Å². The summed E-state index contributed by atoms with van der Waals surface area (Å²) in [6.45, 7) is 4.06. The number of pyridine rings is 1. The first-order valence-corrected chi connectivity index (χ1v) is 11.0. The highest BCUT2D eigenvalue weighted by Crippen LogP contribution is 2.28. The Labute approximate surface area is 189 Å². The zero-order valence-electron chi connectivity index (χ0n) is 17.0. The highest BCUT2D eigenvalue weighted by atomic mass is 35.5. The van der Waals surface area contributed by atoms with Crippen LogP contribution < -0.4 is 5.32 Å². The minimum atomic E-state index is -0.113. The summed E-state index contributed by atoms with van der Waals surface area (Å²) in [4.78, 5) is 16.9. The second-order valence-corrected chi connectivity index (χ2v) is 8.35. The maximum atomic E-state index is 12.5. The van der Waals surface area contributed by atoms with E-state index in [1.54, 1.807) is 18.3 Å². The van der Waals surface area contributed by atoms with Crippen LogP contribution in [0.15, 0.2) is 72.0 Å². The molecule has 4 aromatic rings. The summed E-state index contributed by atoms with van der Waals surface area (Å²) in [7, 11) is 0. The number of hydrogen-bond donors (Lipinski definition) is 1. The van der Waals surface area contributed by atoms with E-state index in [1.165, 1.54) is 17.3 Å². The number of halogens is 1. The number of aryl methyl sites for hydroxylation is 2. The Bertz CT molecular complexity index is 1210. The van der Waals surface area contributed by atoms with Gasteiger partial charge in [-0.1, -0.05) is 35.5 Å². The number of rotatable bonds is 6. The number of aromatic nitrogens is 4. The Morgan fingerprint density at radius 2 is 1.84 bits per heavy atom. The molecule has 0 bridgehead atoms. The number of nitrogens with zero attached hydrogens (tertiary/aromatic N) is 4. The van der Waals surface area contributed by atoms with Crippen molar-refractivity contribution in [3.63, 3.8) is 0 Å². The van der Waals surface area contributed by atoms with Crippen LogP contribution in [0, 0.1) is 13.8 Å². The topological polar surface area (TPSA) is 72.7 Å². The lowest BCUT2D eigenvalue weighted by molar-refractivity contribution is -0.113. The van der Waals surface area contributed by atoms with Crippen LogP contribution in [0.25, 0.3) is 17.2 Å². The van der Waals surface area contributed by atoms with Crippen LogP contribution in [-0.2, 0) is 4.79 Å². The smallest absolute Gasteiger partial charge is 0.234 e. The van der Waals surface area contributed by atoms with Gasteiger partial charge in [0.1, 0.15) is 5.69 Å². The fourth-order valence-corrected chi connectivity index (χ4v) is 3.87. The number of anilines is 1. The molecule has 2 aromatic carbocycles. The third-order valence-corrected chi connectivity index (χ3v) is 5.92. The summed E-state index contributed by atoms with van der Waals surface area (Å²) in [6, 6.07) is 18.9. The minimum absolute atomic E-state index is 0.113. The normalized spacial score (nSPS) is 10.8. The second kappa shape index (κ2) is 9.32. The van der Waals surface area contributed by atoms with Gasteiger partial charge in [-0.3, -0.25) is 14.3 Å². The Kier molecular flexibility index (Phi) is 6.34. The summed E-state index contributed by atoms with van der Waals surface area (Å²) >= 11 is 7.37. The Morgan fingerprint density at radius 3 is 2.55 bits per heavy atom. The number of nitrogens with one attached hydrogen (secondary N) is 1. The number of carbonyl (C=O) groups excluding carboxylic acids is 1. The average molecular weight is 450 g/mol. The van der Waals surface area contributed by atoms with Crippen molar-refractivity contribution in [2.24, 2.45) is 0 Å². The van der Waals surface area contributed by atoms with E-state index < -0.39 is 0 Å². The van der Waals surface area contributed by atoms with Gasteiger partial charge in [-0.25, -0.2) is 0 Å². The van der Waals surface area contributed by atoms with E-state index in [0.29, 0.717) is 21.7 Å². The van der Waals surface area contributed by atoms with Gasteiger partial charge in [-0.05, 0) is 73.5 Å². The van der Waals surface area contributed by atoms with Crippen molar-refractivity contribution in [2.45, 2.75) is 19.0 Å². The van der Waals surface area contributed by atoms with Gasteiger partial charge in [0.05, 0.1) is 5.75 Å². The first kappa shape index (κ1) is 21.1. The predicted octanol–water partition coefficient (Wildman–Crippen LogP) is 5.33. The minimum Gasteiger partial charge on any atom is -0.325 e. The van der Waals surface area contributed by atoms with E-state index in [1.807, 2.05) is 66.9 Å². The van der Waals surface area contributed by atoms with Gasteiger partial charge in [-0.2, -0.15) is 0 Å². The fraction of sp³-hybridized carbons (Fsp3) is 0.130. The molecule has 8 heteroatoms. The standard InChI is InChI=1S/C23H20ClN5OS/c1-15-6-9-18(13-16(15)2)26-21(30)14-31-23-28-27-22(20-5-3-4-12-25-20)29(23)19-10-7-17(24)8-11-19/h3-13H,14H2,1-2H3,(H,26,30). The van der Waals surface area contributed by atoms with Gasteiger partial charge in [0.25, 0.3) is 0 Å². The predicted molar refractivity (Wildman–Crippen MR) is 125 cm³/mol. The lowest BCUT2D eigenvalue weighted by Crippen LogP contribution is -2.14. The van der Waals surface area contributed by atoms with Crippen molar-refractivity contribution >= 4 is 35.0 Å². The molecule has 0 atom stereocenters. The molecule has 31 heavy (non-hydrogen) atoms. The molecule has 4 rings (SSSR count). The molecule has 1 N–H and O–H groups in total. The van der Waals surface area contributed by atoms with E-state index in [0.717, 1.165) is 16.9 Å². The van der Waals surface area contributed by atoms with Crippen molar-refractivity contribution in [2.75, 3.05) is 11.1 Å². The van der Waals surface area contributed by atoms with Gasteiger partial charge >= 0.3 is 0 Å². The molecule has 0 unspecified atom stereocenters. The van der Waals surface area contributed by atoms with E-state index in [4.69, 9.17) is 11.6 Å². The molecule has 0 aliphatic rings. The van der Waals surface area contributed by atoms with Crippen LogP contribution in [0.1, 0.15) is 11.1 Å². The summed E-state index contributed by atoms with van der Waals surface area (Å²) in [5.41, 5.74) is 4.63. The van der Waals surface area contributed by atoms with E-state index in [-0.39, 0.29) is 11.7 Å². The number of hydrogen-bond acceptors (Lipinski definition) is 5. The molecule has 0 radical (unpaired) electrons. The largest absolute Gasteiger partial charge is 0.325 e. The average Bonchev–Trinajstić information content (AvgIpc) is 3.20. The van der Waals surface area contributed by atoms with Crippen molar-refractivity contribution < 1.29 is 4.79 Å². The van der Waals surface area contributed by atoms with Gasteiger partial charge in [0.15, 0.2) is 11.0 Å². The molecule has 0 fully saturated rings. The molecule has 1 amide bonds. The van der Waals surface area contributed by atoms with E-state index in [9.17, 15) is 4.79 Å². The lowest BCUT2D eigenvalue weighted by Gasteiger charge is -2.11. The van der Waals surface area contributed by atoms with Gasteiger partial charge in [-0.15, -0.1) is 10.2 Å². The molecule has 0 aliphatic heterocycles. The molecule has 156 valence electrons. The molecular formula is C23H20ClN5OS. The molecule has 0 spiro atoms. The van der Waals surface area contributed by atoms with Crippen molar-refractivity contribution in [3.8, 4) is 17.2 Å². The zero-order valence-corrected chi connectivity index (χ0v) is 18.6. The summed E-state index contributed by atoms with van der Waals surface area (Å²) in [6.07, 6.45) is 1.71. The molecule has 0 aliphatic carbocycles. The summed E-state index contributed by atoms with van der Waals surface area (Å²) in [5.74, 6) is 0.680. The molecule has 6 nitrogen and oxygen atoms in total. The van der Waals surface area contributed by atoms with Crippen molar-refractivity contribution in [1.82, 2.24) is 19.7 Å². The van der Waals surface area contributed by atoms with Crippen LogP contribution in [0.2, 0.25) is 5.02 Å². The maximum absolute atomic E-state index is 12.5. The third-order valence-electron chi connectivity index (χ3n) is 4.74. The first-order chi connectivity index (χ1) is 15.0. The van der Waals surface area contributed by atoms with E-state index >= 15 is 0 Å². The molecular weight excluding hydrogens is 430 g/mol. The van der Waals surface area contributed by atoms with Crippen molar-refractivity contribution in [3.05, 3.63) is 83.0 Å². The van der Waals surface area contributed by atoms with Crippen LogP contribution >= 0.6 is 23.4 Å². The molecule has 2 heterocycles. The molecule has 0 saturated heterocycles. The number of thioether (sulfide) groups is 1. The lowest BCUT2D eigenvalue weighted by atomic mass is 10.1. The van der Waals surface area contributed by atoms with E-state index in [2.05, 4.69) is 20.5 Å². The maximum Gasteiger partial charge on any atom is 0.234 e. The van der Waals surface area contributed by atoms with Gasteiger partial charge in [0.2, 0.25) is 5.91 Å². The fourth-order valence-electron chi connectivity index (χ4n) is 2.99. The van der Waals surface area contributed by atoms with Gasteiger partial charge < -0.3 is 5.32 Å². The van der Waals surface area contributed by atoms with Gasteiger partial charge in [0, 0.05) is 22.6 Å². The number of amides is 1. The Balaban J connectivity index is 1.57. The van der Waals surface area contributed by atoms with Crippen molar-refractivity contribution in [1.29, 1.82) is 0 Å². The quantitative estimate of drug-likeness (QED) is 0.403. The van der Waals surface area contributed by atoms with Crippen LogP contribution in [-0.4, -0.2) is 31.4 Å². The number of benzene rings is 2. The summed E-state index contributed by atoms with van der Waals surface area (Å²) < 4.78 is 1.88. The van der Waals surface area contributed by atoms with Crippen LogP contribution in [0.5, 0.6) is 0 Å². The molecule has 2 aromatic heterocycles. The first-order valence-electron chi connectivity index (χ1n) is 9.64. The zero-order chi connectivity index (χ0) is 21.8. The monoisotopic (exact) mass is 449 g/mol. The summed E-state index contributed by atoms with van der Waals surface area (Å²) in [5, 5.41) is 12.8. The Morgan fingerprint density at radius 1 is 1.03 bits per heavy atom. The highest BCUT2D eigenvalue weighted by Gasteiger charge is 2.18.